The lowest BCUT2D eigenvalue weighted by molar-refractivity contribution is 1.37. The lowest BCUT2D eigenvalue weighted by Gasteiger charge is -2.06. The van der Waals surface area contributed by atoms with Gasteiger partial charge in [0.25, 0.3) is 0 Å². The zero-order chi connectivity index (χ0) is 12.4. The lowest BCUT2D eigenvalue weighted by Crippen LogP contribution is -1.98. The Morgan fingerprint density at radius 3 is 1.73 bits per heavy atom. The van der Waals surface area contributed by atoms with Crippen LogP contribution in [0.1, 0.15) is 44.4 Å². The van der Waals surface area contributed by atoms with Crippen molar-refractivity contribution in [3.63, 3.8) is 0 Å². The van der Waals surface area contributed by atoms with Gasteiger partial charge in [-0.2, -0.15) is 0 Å². The molecule has 86 valence electrons. The fourth-order valence-electron chi connectivity index (χ4n) is 1.05. The van der Waals surface area contributed by atoms with Crippen molar-refractivity contribution in [2.24, 2.45) is 0 Å². The SMILES string of the molecule is CC.CC.Cc1ccc(C)c(C=N)c1N. The molecular formula is C13H24N2. The summed E-state index contributed by atoms with van der Waals surface area (Å²) < 4.78 is 0. The van der Waals surface area contributed by atoms with Crippen LogP contribution in [0.15, 0.2) is 12.1 Å². The monoisotopic (exact) mass is 208 g/mol. The van der Waals surface area contributed by atoms with Crippen molar-refractivity contribution in [3.8, 4) is 0 Å². The van der Waals surface area contributed by atoms with Gasteiger partial charge in [-0.05, 0) is 25.0 Å². The van der Waals surface area contributed by atoms with Crippen molar-refractivity contribution in [2.75, 3.05) is 5.73 Å². The van der Waals surface area contributed by atoms with Crippen molar-refractivity contribution >= 4 is 11.9 Å². The topological polar surface area (TPSA) is 49.9 Å². The van der Waals surface area contributed by atoms with Crippen molar-refractivity contribution in [1.29, 1.82) is 5.41 Å². The number of hydrogen-bond acceptors (Lipinski definition) is 2. The third kappa shape index (κ3) is 4.63. The fraction of sp³-hybridized carbons (Fsp3) is 0.462. The van der Waals surface area contributed by atoms with Gasteiger partial charge in [0.2, 0.25) is 0 Å². The molecule has 2 nitrogen and oxygen atoms in total. The normalized spacial score (nSPS) is 7.87. The Morgan fingerprint density at radius 1 is 1.00 bits per heavy atom. The molecule has 15 heavy (non-hydrogen) atoms. The summed E-state index contributed by atoms with van der Waals surface area (Å²) in [5.41, 5.74) is 9.40. The number of nitrogen functional groups attached to an aromatic ring is 1. The minimum Gasteiger partial charge on any atom is -0.398 e. The molecule has 0 heterocycles. The molecule has 0 aromatic heterocycles. The van der Waals surface area contributed by atoms with Crippen LogP contribution in [0, 0.1) is 19.3 Å². The van der Waals surface area contributed by atoms with Gasteiger partial charge in [0, 0.05) is 17.5 Å². The van der Waals surface area contributed by atoms with Gasteiger partial charge in [-0.3, -0.25) is 0 Å². The van der Waals surface area contributed by atoms with E-state index in [0.717, 1.165) is 22.4 Å². The lowest BCUT2D eigenvalue weighted by atomic mass is 10.0. The highest BCUT2D eigenvalue weighted by molar-refractivity contribution is 5.87. The van der Waals surface area contributed by atoms with Crippen LogP contribution in [0.4, 0.5) is 5.69 Å². The fourth-order valence-corrected chi connectivity index (χ4v) is 1.05. The Morgan fingerprint density at radius 2 is 1.40 bits per heavy atom. The van der Waals surface area contributed by atoms with E-state index in [1.165, 1.54) is 6.21 Å². The summed E-state index contributed by atoms with van der Waals surface area (Å²) in [6.45, 7) is 11.9. The van der Waals surface area contributed by atoms with E-state index in [4.69, 9.17) is 11.1 Å². The molecule has 0 radical (unpaired) electrons. The van der Waals surface area contributed by atoms with Crippen LogP contribution in [-0.4, -0.2) is 6.21 Å². The zero-order valence-electron chi connectivity index (χ0n) is 10.8. The van der Waals surface area contributed by atoms with Crippen molar-refractivity contribution < 1.29 is 0 Å². The van der Waals surface area contributed by atoms with Crippen molar-refractivity contribution in [1.82, 2.24) is 0 Å². The summed E-state index contributed by atoms with van der Waals surface area (Å²) in [5.74, 6) is 0. The molecule has 0 aliphatic heterocycles. The average Bonchev–Trinajstić information content (AvgIpc) is 2.30. The molecule has 0 atom stereocenters. The van der Waals surface area contributed by atoms with Crippen molar-refractivity contribution in [3.05, 3.63) is 28.8 Å². The van der Waals surface area contributed by atoms with Gasteiger partial charge >= 0.3 is 0 Å². The second kappa shape index (κ2) is 9.25. The summed E-state index contributed by atoms with van der Waals surface area (Å²) in [7, 11) is 0. The van der Waals surface area contributed by atoms with Crippen LogP contribution < -0.4 is 5.73 Å². The van der Waals surface area contributed by atoms with Crippen LogP contribution in [0.2, 0.25) is 0 Å². The Kier molecular flexibility index (Phi) is 9.95. The van der Waals surface area contributed by atoms with E-state index in [1.54, 1.807) is 0 Å². The second-order valence-corrected chi connectivity index (χ2v) is 2.67. The van der Waals surface area contributed by atoms with Gasteiger partial charge in [-0.25, -0.2) is 0 Å². The number of nitrogens with one attached hydrogen (secondary N) is 1. The third-order valence-electron chi connectivity index (χ3n) is 1.87. The zero-order valence-corrected chi connectivity index (χ0v) is 10.8. The Bertz CT molecular complexity index is 291. The Balaban J connectivity index is 0. The van der Waals surface area contributed by atoms with E-state index < -0.39 is 0 Å². The molecule has 0 aliphatic rings. The van der Waals surface area contributed by atoms with Crippen LogP contribution in [0.25, 0.3) is 0 Å². The van der Waals surface area contributed by atoms with E-state index in [1.807, 2.05) is 53.7 Å². The molecule has 2 heteroatoms. The Hall–Kier alpha value is -1.31. The molecular weight excluding hydrogens is 184 g/mol. The maximum Gasteiger partial charge on any atom is 0.0435 e. The molecule has 0 saturated heterocycles. The quantitative estimate of drug-likeness (QED) is 0.533. The maximum atomic E-state index is 7.12. The molecule has 0 aliphatic carbocycles. The second-order valence-electron chi connectivity index (χ2n) is 2.67. The summed E-state index contributed by atoms with van der Waals surface area (Å²) in [6, 6.07) is 3.95. The predicted octanol–water partition coefficient (Wildman–Crippen LogP) is 3.94. The standard InChI is InChI=1S/C9H12N2.2C2H6/c1-6-3-4-7(2)9(11)8(6)5-10;2*1-2/h3-5,10H,11H2,1-2H3;2*1-2H3. The molecule has 0 saturated carbocycles. The molecule has 0 unspecified atom stereocenters. The molecule has 1 aromatic carbocycles. The van der Waals surface area contributed by atoms with E-state index in [9.17, 15) is 0 Å². The summed E-state index contributed by atoms with van der Waals surface area (Å²) >= 11 is 0. The van der Waals surface area contributed by atoms with E-state index >= 15 is 0 Å². The van der Waals surface area contributed by atoms with Crippen LogP contribution in [-0.2, 0) is 0 Å². The van der Waals surface area contributed by atoms with Gasteiger partial charge in [0.05, 0.1) is 0 Å². The van der Waals surface area contributed by atoms with Gasteiger partial charge in [-0.1, -0.05) is 39.8 Å². The molecule has 1 rings (SSSR count). The van der Waals surface area contributed by atoms with Gasteiger partial charge in [0.1, 0.15) is 0 Å². The number of hydrogen-bond donors (Lipinski definition) is 2. The molecule has 0 bridgehead atoms. The van der Waals surface area contributed by atoms with E-state index in [-0.39, 0.29) is 0 Å². The van der Waals surface area contributed by atoms with Gasteiger partial charge in [0.15, 0.2) is 0 Å². The number of anilines is 1. The first-order valence-corrected chi connectivity index (χ1v) is 5.53. The first-order chi connectivity index (χ1) is 7.16. The van der Waals surface area contributed by atoms with E-state index in [2.05, 4.69) is 0 Å². The molecule has 0 spiro atoms. The molecule has 1 aromatic rings. The third-order valence-corrected chi connectivity index (χ3v) is 1.87. The number of aryl methyl sites for hydroxylation is 2. The molecule has 3 N–H and O–H groups in total. The summed E-state index contributed by atoms with van der Waals surface area (Å²) in [6.07, 6.45) is 1.30. The first-order valence-electron chi connectivity index (χ1n) is 5.53. The van der Waals surface area contributed by atoms with Crippen LogP contribution in [0.5, 0.6) is 0 Å². The number of rotatable bonds is 1. The highest BCUT2D eigenvalue weighted by Crippen LogP contribution is 2.18. The summed E-state index contributed by atoms with van der Waals surface area (Å²) in [5, 5.41) is 7.12. The van der Waals surface area contributed by atoms with Gasteiger partial charge < -0.3 is 11.1 Å². The maximum absolute atomic E-state index is 7.12. The molecule has 0 amide bonds. The number of nitrogens with two attached hydrogens (primary N) is 1. The number of benzene rings is 1. The van der Waals surface area contributed by atoms with Crippen LogP contribution in [0.3, 0.4) is 0 Å². The minimum absolute atomic E-state index is 0.722. The highest BCUT2D eigenvalue weighted by Gasteiger charge is 2.01. The summed E-state index contributed by atoms with van der Waals surface area (Å²) in [4.78, 5) is 0. The highest BCUT2D eigenvalue weighted by atomic mass is 14.6. The Labute approximate surface area is 94.0 Å². The smallest absolute Gasteiger partial charge is 0.0435 e. The van der Waals surface area contributed by atoms with E-state index in [0.29, 0.717) is 0 Å². The molecule has 0 fully saturated rings. The largest absolute Gasteiger partial charge is 0.398 e. The van der Waals surface area contributed by atoms with Crippen molar-refractivity contribution in [2.45, 2.75) is 41.5 Å². The van der Waals surface area contributed by atoms with Crippen LogP contribution >= 0.6 is 0 Å². The average molecular weight is 208 g/mol. The van der Waals surface area contributed by atoms with Gasteiger partial charge in [-0.15, -0.1) is 0 Å². The predicted molar refractivity (Wildman–Crippen MR) is 70.9 cm³/mol. The first kappa shape index (κ1) is 16.1. The minimum atomic E-state index is 0.722.